The molecule has 0 heterocycles. The van der Waals surface area contributed by atoms with E-state index in [0.29, 0.717) is 10.7 Å². The summed E-state index contributed by atoms with van der Waals surface area (Å²) in [6, 6.07) is 3.89. The van der Waals surface area contributed by atoms with Gasteiger partial charge in [0.15, 0.2) is 0 Å². The summed E-state index contributed by atoms with van der Waals surface area (Å²) in [6.07, 6.45) is 1.76. The Balaban J connectivity index is 2.27. The number of carboxylic acid groups (broad SMARTS) is 1. The summed E-state index contributed by atoms with van der Waals surface area (Å²) in [5, 5.41) is 12.4. The zero-order valence-electron chi connectivity index (χ0n) is 9.52. The van der Waals surface area contributed by atoms with Crippen LogP contribution in [-0.2, 0) is 4.79 Å². The van der Waals surface area contributed by atoms with E-state index in [1.165, 1.54) is 6.07 Å². The second-order valence-corrected chi connectivity index (χ2v) is 4.79. The fraction of sp³-hybridized carbons (Fsp3) is 0.333. The number of anilines is 1. The number of amides is 1. The van der Waals surface area contributed by atoms with Crippen LogP contribution < -0.4 is 11.1 Å². The molecule has 1 aromatic carbocycles. The van der Waals surface area contributed by atoms with Gasteiger partial charge < -0.3 is 16.2 Å². The molecule has 1 atom stereocenters. The van der Waals surface area contributed by atoms with Crippen molar-refractivity contribution in [2.24, 2.45) is 11.7 Å². The molecule has 0 aromatic heterocycles. The van der Waals surface area contributed by atoms with E-state index in [1.54, 1.807) is 12.1 Å². The fourth-order valence-electron chi connectivity index (χ4n) is 1.82. The molecule has 1 aromatic rings. The van der Waals surface area contributed by atoms with Crippen molar-refractivity contribution in [1.29, 1.82) is 0 Å². The van der Waals surface area contributed by atoms with Crippen molar-refractivity contribution >= 4 is 29.2 Å². The van der Waals surface area contributed by atoms with Gasteiger partial charge in [-0.1, -0.05) is 11.6 Å². The number of nitrogens with two attached hydrogens (primary N) is 1. The van der Waals surface area contributed by atoms with Gasteiger partial charge >= 0.3 is 5.97 Å². The maximum absolute atomic E-state index is 11.3. The third kappa shape index (κ3) is 2.73. The first kappa shape index (κ1) is 12.7. The molecule has 4 N–H and O–H groups in total. The van der Waals surface area contributed by atoms with Crippen LogP contribution >= 0.6 is 11.6 Å². The van der Waals surface area contributed by atoms with Gasteiger partial charge in [0.05, 0.1) is 5.56 Å². The van der Waals surface area contributed by atoms with Gasteiger partial charge in [0.2, 0.25) is 0 Å². The highest BCUT2D eigenvalue weighted by Gasteiger charge is 2.36. The summed E-state index contributed by atoms with van der Waals surface area (Å²) in [7, 11) is 0. The average molecular weight is 269 g/mol. The fourth-order valence-corrected chi connectivity index (χ4v) is 2.00. The highest BCUT2D eigenvalue weighted by molar-refractivity contribution is 6.31. The molecule has 1 fully saturated rings. The molecule has 96 valence electrons. The zero-order chi connectivity index (χ0) is 13.3. The van der Waals surface area contributed by atoms with Crippen molar-refractivity contribution in [3.8, 4) is 0 Å². The van der Waals surface area contributed by atoms with Gasteiger partial charge in [-0.2, -0.15) is 0 Å². The first-order valence-corrected chi connectivity index (χ1v) is 5.95. The molecule has 2 rings (SSSR count). The van der Waals surface area contributed by atoms with Crippen LogP contribution in [0.3, 0.4) is 0 Å². The van der Waals surface area contributed by atoms with Gasteiger partial charge in [-0.05, 0) is 37.0 Å². The number of carboxylic acids is 1. The van der Waals surface area contributed by atoms with E-state index in [1.807, 2.05) is 0 Å². The summed E-state index contributed by atoms with van der Waals surface area (Å²) in [4.78, 5) is 22.4. The van der Waals surface area contributed by atoms with Gasteiger partial charge in [0.25, 0.3) is 5.91 Å². The number of benzene rings is 1. The number of nitrogens with one attached hydrogen (secondary N) is 1. The lowest BCUT2D eigenvalue weighted by Crippen LogP contribution is -2.32. The number of carbonyl (C=O) groups is 2. The van der Waals surface area contributed by atoms with Gasteiger partial charge in [0.1, 0.15) is 6.04 Å². The van der Waals surface area contributed by atoms with Crippen LogP contribution in [-0.4, -0.2) is 23.0 Å². The van der Waals surface area contributed by atoms with Gasteiger partial charge in [-0.25, -0.2) is 4.79 Å². The maximum atomic E-state index is 11.3. The standard InChI is InChI=1S/C12H13ClN2O3/c13-7-3-4-9(8(5-7)11(14)16)15-10(12(17)18)6-1-2-6/h3-6,10,15H,1-2H2,(H2,14,16)(H,17,18). The lowest BCUT2D eigenvalue weighted by atomic mass is 10.1. The quantitative estimate of drug-likeness (QED) is 0.758. The lowest BCUT2D eigenvalue weighted by Gasteiger charge is -2.17. The molecular formula is C12H13ClN2O3. The molecule has 0 spiro atoms. The smallest absolute Gasteiger partial charge is 0.326 e. The molecule has 1 saturated carbocycles. The Hall–Kier alpha value is -1.75. The maximum Gasteiger partial charge on any atom is 0.326 e. The number of hydrogen-bond acceptors (Lipinski definition) is 3. The van der Waals surface area contributed by atoms with Crippen LogP contribution in [0, 0.1) is 5.92 Å². The average Bonchev–Trinajstić information content (AvgIpc) is 3.10. The van der Waals surface area contributed by atoms with Crippen LogP contribution in [0.15, 0.2) is 18.2 Å². The molecule has 1 aliphatic rings. The molecule has 1 amide bonds. The van der Waals surface area contributed by atoms with Crippen LogP contribution in [0.1, 0.15) is 23.2 Å². The predicted molar refractivity (Wildman–Crippen MR) is 67.7 cm³/mol. The highest BCUT2D eigenvalue weighted by Crippen LogP contribution is 2.35. The lowest BCUT2D eigenvalue weighted by molar-refractivity contribution is -0.138. The Morgan fingerprint density at radius 3 is 2.61 bits per heavy atom. The molecular weight excluding hydrogens is 256 g/mol. The third-order valence-corrected chi connectivity index (χ3v) is 3.15. The zero-order valence-corrected chi connectivity index (χ0v) is 10.3. The second-order valence-electron chi connectivity index (χ2n) is 4.35. The second kappa shape index (κ2) is 4.86. The van der Waals surface area contributed by atoms with Crippen molar-refractivity contribution in [2.75, 3.05) is 5.32 Å². The highest BCUT2D eigenvalue weighted by atomic mass is 35.5. The van der Waals surface area contributed by atoms with Crippen molar-refractivity contribution in [2.45, 2.75) is 18.9 Å². The van der Waals surface area contributed by atoms with Crippen LogP contribution in [0.5, 0.6) is 0 Å². The van der Waals surface area contributed by atoms with Crippen LogP contribution in [0.2, 0.25) is 5.02 Å². The van der Waals surface area contributed by atoms with Gasteiger partial charge in [-0.15, -0.1) is 0 Å². The monoisotopic (exact) mass is 268 g/mol. The Labute approximate surface area is 109 Å². The summed E-state index contributed by atoms with van der Waals surface area (Å²) < 4.78 is 0. The third-order valence-electron chi connectivity index (χ3n) is 2.92. The minimum Gasteiger partial charge on any atom is -0.480 e. The Bertz CT molecular complexity index is 500. The van der Waals surface area contributed by atoms with Crippen molar-refractivity contribution in [1.82, 2.24) is 0 Å². The molecule has 18 heavy (non-hydrogen) atoms. The summed E-state index contributed by atoms with van der Waals surface area (Å²) in [5.74, 6) is -1.46. The van der Waals surface area contributed by atoms with E-state index in [0.717, 1.165) is 12.8 Å². The van der Waals surface area contributed by atoms with E-state index in [4.69, 9.17) is 22.4 Å². The van der Waals surface area contributed by atoms with Crippen molar-refractivity contribution in [3.05, 3.63) is 28.8 Å². The van der Waals surface area contributed by atoms with Crippen LogP contribution in [0.4, 0.5) is 5.69 Å². The number of aliphatic carboxylic acids is 1. The number of primary amides is 1. The molecule has 0 saturated heterocycles. The SMILES string of the molecule is NC(=O)c1cc(Cl)ccc1NC(C(=O)O)C1CC1. The Kier molecular flexibility index (Phi) is 3.43. The summed E-state index contributed by atoms with van der Waals surface area (Å²) in [5.41, 5.74) is 5.85. The molecule has 0 aliphatic heterocycles. The van der Waals surface area contributed by atoms with Crippen molar-refractivity contribution < 1.29 is 14.7 Å². The largest absolute Gasteiger partial charge is 0.480 e. The topological polar surface area (TPSA) is 92.4 Å². The predicted octanol–water partition coefficient (Wildman–Crippen LogP) is 1.71. The van der Waals surface area contributed by atoms with E-state index in [-0.39, 0.29) is 11.5 Å². The molecule has 6 heteroatoms. The van der Waals surface area contributed by atoms with E-state index < -0.39 is 17.9 Å². The molecule has 0 bridgehead atoms. The van der Waals surface area contributed by atoms with Gasteiger partial charge in [-0.3, -0.25) is 4.79 Å². The van der Waals surface area contributed by atoms with Gasteiger partial charge in [0, 0.05) is 10.7 Å². The molecule has 5 nitrogen and oxygen atoms in total. The summed E-state index contributed by atoms with van der Waals surface area (Å²) >= 11 is 5.78. The van der Waals surface area contributed by atoms with E-state index in [2.05, 4.69) is 5.32 Å². The van der Waals surface area contributed by atoms with E-state index >= 15 is 0 Å². The number of rotatable bonds is 5. The number of halogens is 1. The molecule has 1 aliphatic carbocycles. The number of hydrogen-bond donors (Lipinski definition) is 3. The molecule has 1 unspecified atom stereocenters. The molecule has 0 radical (unpaired) electrons. The first-order valence-electron chi connectivity index (χ1n) is 5.57. The van der Waals surface area contributed by atoms with Crippen LogP contribution in [0.25, 0.3) is 0 Å². The van der Waals surface area contributed by atoms with E-state index in [9.17, 15) is 9.59 Å². The Morgan fingerprint density at radius 1 is 1.44 bits per heavy atom. The summed E-state index contributed by atoms with van der Waals surface area (Å²) in [6.45, 7) is 0. The first-order chi connectivity index (χ1) is 8.49. The number of carbonyl (C=O) groups excluding carboxylic acids is 1. The minimum atomic E-state index is -0.928. The minimum absolute atomic E-state index is 0.110. The normalized spacial score (nSPS) is 16.1. The van der Waals surface area contributed by atoms with Crippen molar-refractivity contribution in [3.63, 3.8) is 0 Å². The Morgan fingerprint density at radius 2 is 2.11 bits per heavy atom.